The van der Waals surface area contributed by atoms with Crippen molar-refractivity contribution in [3.05, 3.63) is 47.5 Å². The molecular formula is C18H23N2O+. The lowest BCUT2D eigenvalue weighted by molar-refractivity contribution is -0.696. The van der Waals surface area contributed by atoms with Crippen molar-refractivity contribution >= 4 is 0 Å². The summed E-state index contributed by atoms with van der Waals surface area (Å²) in [5, 5.41) is 0. The van der Waals surface area contributed by atoms with Crippen LogP contribution < -0.4 is 9.30 Å². The zero-order chi connectivity index (χ0) is 14.2. The third kappa shape index (κ3) is 2.25. The Morgan fingerprint density at radius 1 is 1.29 bits per heavy atom. The van der Waals surface area contributed by atoms with Crippen LogP contribution >= 0.6 is 0 Å². The highest BCUT2D eigenvalue weighted by Crippen LogP contribution is 2.39. The van der Waals surface area contributed by atoms with Crippen molar-refractivity contribution in [2.75, 3.05) is 6.61 Å². The third-order valence-corrected chi connectivity index (χ3v) is 4.84. The van der Waals surface area contributed by atoms with Crippen LogP contribution in [-0.2, 0) is 19.4 Å². The van der Waals surface area contributed by atoms with Gasteiger partial charge in [0.25, 0.3) is 0 Å². The van der Waals surface area contributed by atoms with E-state index in [9.17, 15) is 0 Å². The molecule has 2 heterocycles. The van der Waals surface area contributed by atoms with Gasteiger partial charge in [-0.3, -0.25) is 0 Å². The number of hydrogen-bond acceptors (Lipinski definition) is 1. The Kier molecular flexibility index (Phi) is 3.21. The zero-order valence-electron chi connectivity index (χ0n) is 12.7. The Bertz CT molecular complexity index is 659. The first-order chi connectivity index (χ1) is 10.3. The van der Waals surface area contributed by atoms with Gasteiger partial charge in [0.15, 0.2) is 0 Å². The number of aromatic nitrogens is 2. The number of nitrogens with zero attached hydrogens (tertiary/aromatic N) is 2. The molecule has 1 aliphatic carbocycles. The molecule has 0 saturated heterocycles. The van der Waals surface area contributed by atoms with Gasteiger partial charge in [0.2, 0.25) is 6.33 Å². The van der Waals surface area contributed by atoms with Crippen molar-refractivity contribution in [2.45, 2.75) is 51.6 Å². The highest BCUT2D eigenvalue weighted by Gasteiger charge is 2.30. The minimum Gasteiger partial charge on any atom is -0.493 e. The van der Waals surface area contributed by atoms with Crippen molar-refractivity contribution in [3.63, 3.8) is 0 Å². The molecule has 110 valence electrons. The maximum Gasteiger partial charge on any atom is 0.244 e. The highest BCUT2D eigenvalue weighted by molar-refractivity contribution is 5.48. The zero-order valence-corrected chi connectivity index (χ0v) is 12.7. The van der Waals surface area contributed by atoms with Crippen molar-refractivity contribution in [1.29, 1.82) is 0 Å². The molecule has 0 radical (unpaired) electrons. The van der Waals surface area contributed by atoms with Crippen LogP contribution in [0.5, 0.6) is 5.75 Å². The normalized spacial score (nSPS) is 19.4. The van der Waals surface area contributed by atoms with Gasteiger partial charge in [0, 0.05) is 12.0 Å². The molecule has 1 aliphatic heterocycles. The molecule has 0 fully saturated rings. The van der Waals surface area contributed by atoms with Gasteiger partial charge in [-0.2, -0.15) is 0 Å². The largest absolute Gasteiger partial charge is 0.493 e. The minimum atomic E-state index is 0.484. The average Bonchev–Trinajstić information content (AvgIpc) is 3.21. The predicted molar refractivity (Wildman–Crippen MR) is 81.6 cm³/mol. The fraction of sp³-hybridized carbons (Fsp3) is 0.500. The van der Waals surface area contributed by atoms with Gasteiger partial charge < -0.3 is 4.74 Å². The lowest BCUT2D eigenvalue weighted by Crippen LogP contribution is -2.31. The molecule has 2 aromatic rings. The van der Waals surface area contributed by atoms with Crippen molar-refractivity contribution in [2.24, 2.45) is 0 Å². The maximum absolute atomic E-state index is 5.75. The monoisotopic (exact) mass is 283 g/mol. The van der Waals surface area contributed by atoms with Gasteiger partial charge in [-0.05, 0) is 36.5 Å². The fourth-order valence-corrected chi connectivity index (χ4v) is 3.64. The number of hydrogen-bond donors (Lipinski definition) is 0. The second kappa shape index (κ2) is 5.21. The molecule has 0 spiro atoms. The Morgan fingerprint density at radius 3 is 3.14 bits per heavy atom. The van der Waals surface area contributed by atoms with Crippen LogP contribution in [-0.4, -0.2) is 11.2 Å². The molecule has 3 heteroatoms. The van der Waals surface area contributed by atoms with Crippen molar-refractivity contribution in [3.8, 4) is 5.75 Å². The Labute approximate surface area is 126 Å². The molecule has 0 N–H and O–H groups in total. The second-order valence-electron chi connectivity index (χ2n) is 6.26. The minimum absolute atomic E-state index is 0.484. The van der Waals surface area contributed by atoms with Crippen molar-refractivity contribution < 1.29 is 9.30 Å². The number of rotatable bonds is 4. The Morgan fingerprint density at radius 2 is 2.24 bits per heavy atom. The summed E-state index contributed by atoms with van der Waals surface area (Å²) in [6, 6.07) is 5.16. The van der Waals surface area contributed by atoms with E-state index >= 15 is 0 Å². The standard InChI is InChI=1S/C18H23N2O/c1-2-3-7-19-8-9-20(13-19)17-5-4-14-11-15-6-10-21-18(15)12-16(14)17/h8-9,11-13,17H,2-7,10H2,1H3/q+1. The lowest BCUT2D eigenvalue weighted by atomic mass is 10.0. The summed E-state index contributed by atoms with van der Waals surface area (Å²) in [6.45, 7) is 4.21. The van der Waals surface area contributed by atoms with Crippen LogP contribution in [0.1, 0.15) is 48.9 Å². The molecule has 0 saturated carbocycles. The van der Waals surface area contributed by atoms with Crippen LogP contribution in [0.4, 0.5) is 0 Å². The maximum atomic E-state index is 5.75. The van der Waals surface area contributed by atoms with E-state index in [2.05, 4.69) is 46.9 Å². The van der Waals surface area contributed by atoms with Gasteiger partial charge in [-0.25, -0.2) is 9.13 Å². The van der Waals surface area contributed by atoms with E-state index in [-0.39, 0.29) is 0 Å². The third-order valence-electron chi connectivity index (χ3n) is 4.84. The summed E-state index contributed by atoms with van der Waals surface area (Å²) < 4.78 is 10.4. The summed E-state index contributed by atoms with van der Waals surface area (Å²) in [5.74, 6) is 1.12. The summed E-state index contributed by atoms with van der Waals surface area (Å²) in [6.07, 6.45) is 12.7. The SMILES string of the molecule is CCCC[n+]1ccn(C2CCc3cc4c(cc32)OCC4)c1. The average molecular weight is 283 g/mol. The number of imidazole rings is 1. The molecular weight excluding hydrogens is 260 g/mol. The lowest BCUT2D eigenvalue weighted by Gasteiger charge is -2.09. The quantitative estimate of drug-likeness (QED) is 0.789. The van der Waals surface area contributed by atoms with Crippen molar-refractivity contribution in [1.82, 2.24) is 4.57 Å². The van der Waals surface area contributed by atoms with Gasteiger partial charge in [0.05, 0.1) is 13.2 Å². The highest BCUT2D eigenvalue weighted by atomic mass is 16.5. The van der Waals surface area contributed by atoms with E-state index in [1.165, 1.54) is 42.4 Å². The number of fused-ring (bicyclic) bond motifs is 2. The van der Waals surface area contributed by atoms with E-state index in [4.69, 9.17) is 4.74 Å². The molecule has 1 unspecified atom stereocenters. The summed E-state index contributed by atoms with van der Waals surface area (Å²) in [7, 11) is 0. The van der Waals surface area contributed by atoms with Crippen LogP contribution in [0.25, 0.3) is 0 Å². The van der Waals surface area contributed by atoms with E-state index in [0.717, 1.165) is 25.3 Å². The topological polar surface area (TPSA) is 18.0 Å². The number of benzene rings is 1. The first kappa shape index (κ1) is 12.9. The van der Waals surface area contributed by atoms with Crippen LogP contribution in [0.2, 0.25) is 0 Å². The molecule has 1 aromatic heterocycles. The van der Waals surface area contributed by atoms with E-state index < -0.39 is 0 Å². The van der Waals surface area contributed by atoms with Crippen LogP contribution in [0.3, 0.4) is 0 Å². The first-order valence-electron chi connectivity index (χ1n) is 8.20. The first-order valence-corrected chi connectivity index (χ1v) is 8.20. The summed E-state index contributed by atoms with van der Waals surface area (Å²) in [4.78, 5) is 0. The van der Waals surface area contributed by atoms with Gasteiger partial charge in [-0.1, -0.05) is 19.4 Å². The molecule has 0 bridgehead atoms. The number of unbranched alkanes of at least 4 members (excludes halogenated alkanes) is 1. The van der Waals surface area contributed by atoms with Crippen LogP contribution in [0, 0.1) is 0 Å². The predicted octanol–water partition coefficient (Wildman–Crippen LogP) is 3.05. The number of ether oxygens (including phenoxy) is 1. The molecule has 4 rings (SSSR count). The van der Waals surface area contributed by atoms with E-state index in [0.29, 0.717) is 6.04 Å². The second-order valence-corrected chi connectivity index (χ2v) is 6.26. The smallest absolute Gasteiger partial charge is 0.244 e. The molecule has 3 nitrogen and oxygen atoms in total. The summed E-state index contributed by atoms with van der Waals surface area (Å²) in [5.41, 5.74) is 4.40. The van der Waals surface area contributed by atoms with Gasteiger partial charge >= 0.3 is 0 Å². The molecule has 21 heavy (non-hydrogen) atoms. The van der Waals surface area contributed by atoms with Gasteiger partial charge in [-0.15, -0.1) is 0 Å². The van der Waals surface area contributed by atoms with E-state index in [1.807, 2.05) is 0 Å². The summed E-state index contributed by atoms with van der Waals surface area (Å²) >= 11 is 0. The van der Waals surface area contributed by atoms with Crippen LogP contribution in [0.15, 0.2) is 30.9 Å². The molecule has 2 aliphatic rings. The molecule has 1 aromatic carbocycles. The molecule has 0 amide bonds. The molecule has 1 atom stereocenters. The Hall–Kier alpha value is -1.77. The van der Waals surface area contributed by atoms with E-state index in [1.54, 1.807) is 0 Å². The Balaban J connectivity index is 1.62. The van der Waals surface area contributed by atoms with Gasteiger partial charge in [0.1, 0.15) is 24.2 Å². The number of aryl methyl sites for hydroxylation is 2. The fourth-order valence-electron chi connectivity index (χ4n) is 3.64.